The van der Waals surface area contributed by atoms with Crippen LogP contribution in [0.4, 0.5) is 5.82 Å². The molecular formula is C15H22N4O5S. The molecule has 1 fully saturated rings. The van der Waals surface area contributed by atoms with Crippen LogP contribution < -0.4 is 10.0 Å². The number of sulfonamides is 1. The van der Waals surface area contributed by atoms with Crippen molar-refractivity contribution in [2.45, 2.75) is 18.4 Å². The summed E-state index contributed by atoms with van der Waals surface area (Å²) in [4.78, 5) is 30.7. The molecule has 1 aromatic rings. The van der Waals surface area contributed by atoms with Gasteiger partial charge in [-0.3, -0.25) is 14.3 Å². The largest absolute Gasteiger partial charge is 0.382 e. The van der Waals surface area contributed by atoms with E-state index in [1.54, 1.807) is 0 Å². The number of pyridine rings is 1. The van der Waals surface area contributed by atoms with Gasteiger partial charge in [0.05, 0.1) is 18.4 Å². The van der Waals surface area contributed by atoms with E-state index in [1.165, 1.54) is 37.4 Å². The first-order valence-corrected chi connectivity index (χ1v) is 9.59. The number of rotatable bonds is 6. The normalized spacial score (nSPS) is 20.4. The van der Waals surface area contributed by atoms with E-state index in [4.69, 9.17) is 4.74 Å². The van der Waals surface area contributed by atoms with Crippen molar-refractivity contribution in [2.75, 3.05) is 38.3 Å². The second kappa shape index (κ2) is 7.36. The second-order valence-corrected chi connectivity index (χ2v) is 7.66. The third-order valence-electron chi connectivity index (χ3n) is 4.07. The summed E-state index contributed by atoms with van der Waals surface area (Å²) >= 11 is 0. The first-order valence-electron chi connectivity index (χ1n) is 7.70. The number of hydrogen-bond donors (Lipinski definition) is 2. The third kappa shape index (κ3) is 4.07. The maximum atomic E-state index is 12.9. The van der Waals surface area contributed by atoms with Gasteiger partial charge in [0, 0.05) is 26.9 Å². The molecule has 0 spiro atoms. The predicted octanol–water partition coefficient (Wildman–Crippen LogP) is -0.180. The Balaban J connectivity index is 2.27. The van der Waals surface area contributed by atoms with Crippen LogP contribution in [0.2, 0.25) is 0 Å². The molecule has 25 heavy (non-hydrogen) atoms. The number of nitrogens with zero attached hydrogens (tertiary/aromatic N) is 2. The van der Waals surface area contributed by atoms with Gasteiger partial charge in [-0.2, -0.15) is 0 Å². The number of carbonyl (C=O) groups excluding carboxylic acids is 2. The maximum Gasteiger partial charge on any atom is 0.256 e. The van der Waals surface area contributed by atoms with Crippen molar-refractivity contribution in [3.8, 4) is 0 Å². The monoisotopic (exact) mass is 370 g/mol. The van der Waals surface area contributed by atoms with Gasteiger partial charge in [-0.15, -0.1) is 0 Å². The summed E-state index contributed by atoms with van der Waals surface area (Å²) in [6.07, 6.45) is 3.49. The molecule has 1 aromatic heterocycles. The average Bonchev–Trinajstić information content (AvgIpc) is 2.98. The fourth-order valence-corrected chi connectivity index (χ4v) is 3.52. The summed E-state index contributed by atoms with van der Waals surface area (Å²) < 4.78 is 29.8. The Morgan fingerprint density at radius 2 is 2.12 bits per heavy atom. The molecule has 1 atom stereocenters. The molecule has 0 aromatic carbocycles. The fraction of sp³-hybridized carbons (Fsp3) is 0.533. The number of ether oxygens (including phenoxy) is 1. The lowest BCUT2D eigenvalue weighted by molar-refractivity contribution is -0.133. The highest BCUT2D eigenvalue weighted by Gasteiger charge is 2.49. The molecular weight excluding hydrogens is 348 g/mol. The zero-order valence-corrected chi connectivity index (χ0v) is 15.2. The van der Waals surface area contributed by atoms with E-state index < -0.39 is 15.6 Å². The van der Waals surface area contributed by atoms with Gasteiger partial charge in [0.15, 0.2) is 0 Å². The topological polar surface area (TPSA) is 118 Å². The van der Waals surface area contributed by atoms with Gasteiger partial charge >= 0.3 is 0 Å². The summed E-state index contributed by atoms with van der Waals surface area (Å²) in [5.74, 6) is -0.505. The van der Waals surface area contributed by atoms with Crippen LogP contribution in [-0.4, -0.2) is 69.2 Å². The zero-order chi connectivity index (χ0) is 18.7. The average molecular weight is 370 g/mol. The lowest BCUT2D eigenvalue weighted by atomic mass is 9.95. The number of likely N-dealkylation sites (N-methyl/N-ethyl adjacent to an activating group) is 1. The van der Waals surface area contributed by atoms with E-state index in [1.807, 2.05) is 0 Å². The standard InChI is InChI=1S/C15H22N4O5S/c1-16-14(21)15(10-24-2)7-4-8-19(15)13(20)11-5-6-12(17-9-11)18-25(3,22)23/h5-6,9H,4,7-8,10H2,1-3H3,(H,16,21)(H,17,18). The van der Waals surface area contributed by atoms with Crippen LogP contribution in [0.5, 0.6) is 0 Å². The fourth-order valence-electron chi connectivity index (χ4n) is 3.02. The molecule has 2 heterocycles. The van der Waals surface area contributed by atoms with Gasteiger partial charge in [0.2, 0.25) is 15.9 Å². The van der Waals surface area contributed by atoms with Crippen LogP contribution in [0.1, 0.15) is 23.2 Å². The van der Waals surface area contributed by atoms with Crippen molar-refractivity contribution in [1.29, 1.82) is 0 Å². The van der Waals surface area contributed by atoms with Gasteiger partial charge in [-0.25, -0.2) is 13.4 Å². The van der Waals surface area contributed by atoms with Crippen molar-refractivity contribution in [2.24, 2.45) is 0 Å². The number of amides is 2. The molecule has 0 aliphatic carbocycles. The van der Waals surface area contributed by atoms with Crippen molar-refractivity contribution in [3.05, 3.63) is 23.9 Å². The molecule has 0 bridgehead atoms. The van der Waals surface area contributed by atoms with E-state index in [-0.39, 0.29) is 29.8 Å². The van der Waals surface area contributed by atoms with Crippen LogP contribution in [0.15, 0.2) is 18.3 Å². The molecule has 1 unspecified atom stereocenters. The van der Waals surface area contributed by atoms with Gasteiger partial charge in [-0.05, 0) is 25.0 Å². The van der Waals surface area contributed by atoms with Crippen LogP contribution in [-0.2, 0) is 19.6 Å². The van der Waals surface area contributed by atoms with Gasteiger partial charge < -0.3 is 15.0 Å². The lowest BCUT2D eigenvalue weighted by Gasteiger charge is -2.36. The molecule has 0 radical (unpaired) electrons. The predicted molar refractivity (Wildman–Crippen MR) is 91.6 cm³/mol. The number of hydrogen-bond acceptors (Lipinski definition) is 6. The van der Waals surface area contributed by atoms with Gasteiger partial charge in [0.1, 0.15) is 11.4 Å². The Labute approximate surface area is 146 Å². The highest BCUT2D eigenvalue weighted by Crippen LogP contribution is 2.31. The Morgan fingerprint density at radius 1 is 1.40 bits per heavy atom. The molecule has 0 saturated carbocycles. The van der Waals surface area contributed by atoms with Gasteiger partial charge in [-0.1, -0.05) is 0 Å². The molecule has 1 aliphatic rings. The van der Waals surface area contributed by atoms with Crippen molar-refractivity contribution < 1.29 is 22.7 Å². The lowest BCUT2D eigenvalue weighted by Crippen LogP contribution is -2.59. The van der Waals surface area contributed by atoms with Crippen molar-refractivity contribution in [3.63, 3.8) is 0 Å². The number of nitrogens with one attached hydrogen (secondary N) is 2. The van der Waals surface area contributed by atoms with Gasteiger partial charge in [0.25, 0.3) is 5.91 Å². The molecule has 9 nitrogen and oxygen atoms in total. The van der Waals surface area contributed by atoms with Crippen LogP contribution >= 0.6 is 0 Å². The second-order valence-electron chi connectivity index (χ2n) is 5.91. The summed E-state index contributed by atoms with van der Waals surface area (Å²) in [6.45, 7) is 0.526. The van der Waals surface area contributed by atoms with E-state index >= 15 is 0 Å². The highest BCUT2D eigenvalue weighted by atomic mass is 32.2. The molecule has 2 rings (SSSR count). The SMILES string of the molecule is CNC(=O)C1(COC)CCCN1C(=O)c1ccc(NS(C)(=O)=O)nc1. The summed E-state index contributed by atoms with van der Waals surface area (Å²) in [5.41, 5.74) is -0.783. The Hall–Kier alpha value is -2.20. The molecule has 2 N–H and O–H groups in total. The smallest absolute Gasteiger partial charge is 0.256 e. The maximum absolute atomic E-state index is 12.9. The summed E-state index contributed by atoms with van der Waals surface area (Å²) in [5, 5.41) is 2.60. The van der Waals surface area contributed by atoms with E-state index in [2.05, 4.69) is 15.0 Å². The number of likely N-dealkylation sites (tertiary alicyclic amines) is 1. The minimum absolute atomic E-state index is 0.0968. The molecule has 1 saturated heterocycles. The molecule has 1 aliphatic heterocycles. The Bertz CT molecular complexity index is 750. The Kier molecular flexibility index (Phi) is 5.63. The number of anilines is 1. The summed E-state index contributed by atoms with van der Waals surface area (Å²) in [6, 6.07) is 2.88. The molecule has 2 amide bonds. The van der Waals surface area contributed by atoms with E-state index in [9.17, 15) is 18.0 Å². The molecule has 138 valence electrons. The van der Waals surface area contributed by atoms with Crippen LogP contribution in [0.3, 0.4) is 0 Å². The third-order valence-corrected chi connectivity index (χ3v) is 4.65. The summed E-state index contributed by atoms with van der Waals surface area (Å²) in [7, 11) is -0.437. The van der Waals surface area contributed by atoms with Crippen LogP contribution in [0.25, 0.3) is 0 Å². The minimum Gasteiger partial charge on any atom is -0.382 e. The minimum atomic E-state index is -3.44. The first-order chi connectivity index (χ1) is 11.7. The number of methoxy groups -OCH3 is 1. The Morgan fingerprint density at radius 3 is 2.64 bits per heavy atom. The van der Waals surface area contributed by atoms with Crippen molar-refractivity contribution >= 4 is 27.7 Å². The first kappa shape index (κ1) is 19.1. The molecule has 10 heteroatoms. The van der Waals surface area contributed by atoms with E-state index in [0.717, 1.165) is 6.26 Å². The van der Waals surface area contributed by atoms with Crippen LogP contribution in [0, 0.1) is 0 Å². The zero-order valence-electron chi connectivity index (χ0n) is 14.4. The van der Waals surface area contributed by atoms with Crippen molar-refractivity contribution in [1.82, 2.24) is 15.2 Å². The van der Waals surface area contributed by atoms with E-state index in [0.29, 0.717) is 19.4 Å². The number of carbonyl (C=O) groups is 2. The quantitative estimate of drug-likeness (QED) is 0.717. The highest BCUT2D eigenvalue weighted by molar-refractivity contribution is 7.92. The number of aromatic nitrogens is 1.